The monoisotopic (exact) mass is 445 g/mol. The summed E-state index contributed by atoms with van der Waals surface area (Å²) in [5, 5.41) is 9.63. The van der Waals surface area contributed by atoms with Crippen molar-refractivity contribution in [2.75, 3.05) is 13.2 Å². The van der Waals surface area contributed by atoms with Gasteiger partial charge in [-0.15, -0.1) is 0 Å². The second-order valence-electron chi connectivity index (χ2n) is 8.06. The van der Waals surface area contributed by atoms with Gasteiger partial charge in [-0.1, -0.05) is 43.8 Å². The van der Waals surface area contributed by atoms with Gasteiger partial charge in [-0.25, -0.2) is 13.8 Å². The van der Waals surface area contributed by atoms with E-state index in [0.717, 1.165) is 36.7 Å². The minimum Gasteiger partial charge on any atom is -0.493 e. The van der Waals surface area contributed by atoms with E-state index in [4.69, 9.17) is 4.74 Å². The van der Waals surface area contributed by atoms with Crippen molar-refractivity contribution in [2.24, 2.45) is 11.0 Å². The topological polar surface area (TPSA) is 53.9 Å². The first-order valence-corrected chi connectivity index (χ1v) is 11.1. The van der Waals surface area contributed by atoms with Crippen LogP contribution in [0.2, 0.25) is 0 Å². The number of halogens is 2. The van der Waals surface area contributed by atoms with Gasteiger partial charge in [-0.2, -0.15) is 5.10 Å². The Morgan fingerprint density at radius 1 is 1.32 bits per heavy atom. The van der Waals surface area contributed by atoms with E-state index >= 15 is 0 Å². The third-order valence-electron chi connectivity index (χ3n) is 5.53. The van der Waals surface area contributed by atoms with Crippen molar-refractivity contribution in [1.82, 2.24) is 10.3 Å². The second kappa shape index (κ2) is 8.59. The van der Waals surface area contributed by atoms with Crippen LogP contribution in [0.1, 0.15) is 38.3 Å². The number of benzene rings is 2. The predicted molar refractivity (Wildman–Crippen MR) is 118 cm³/mol. The summed E-state index contributed by atoms with van der Waals surface area (Å²) in [6.07, 6.45) is 0.720. The van der Waals surface area contributed by atoms with Crippen molar-refractivity contribution >= 4 is 22.7 Å². The van der Waals surface area contributed by atoms with Gasteiger partial charge >= 0.3 is 0 Å². The van der Waals surface area contributed by atoms with Crippen molar-refractivity contribution in [3.8, 4) is 5.75 Å². The lowest BCUT2D eigenvalue weighted by molar-refractivity contribution is -0.134. The summed E-state index contributed by atoms with van der Waals surface area (Å²) in [4.78, 5) is 11.9. The maximum absolute atomic E-state index is 14.6. The number of rotatable bonds is 5. The molecule has 0 saturated carbocycles. The molecular weight excluding hydrogens is 420 g/mol. The van der Waals surface area contributed by atoms with Gasteiger partial charge in [-0.3, -0.25) is 4.79 Å². The van der Waals surface area contributed by atoms with E-state index in [9.17, 15) is 13.6 Å². The number of thioether (sulfide) groups is 1. The lowest BCUT2D eigenvalue weighted by atomic mass is 9.86. The molecule has 0 radical (unpaired) electrons. The van der Waals surface area contributed by atoms with Gasteiger partial charge in [-0.05, 0) is 37.2 Å². The van der Waals surface area contributed by atoms with Crippen molar-refractivity contribution in [1.29, 1.82) is 0 Å². The van der Waals surface area contributed by atoms with E-state index in [1.807, 2.05) is 24.3 Å². The molecule has 2 heterocycles. The minimum atomic E-state index is -0.895. The van der Waals surface area contributed by atoms with Gasteiger partial charge in [0.05, 0.1) is 6.61 Å². The number of carbonyl (C=O) groups excluding carboxylic acids is 1. The Balaban J connectivity index is 1.81. The van der Waals surface area contributed by atoms with Crippen LogP contribution >= 0.6 is 11.8 Å². The minimum absolute atomic E-state index is 0.0520. The average Bonchev–Trinajstić information content (AvgIpc) is 3.13. The molecule has 1 spiro atoms. The number of nitrogens with zero attached hydrogens (tertiary/aromatic N) is 2. The zero-order valence-electron chi connectivity index (χ0n) is 17.7. The van der Waals surface area contributed by atoms with Crippen LogP contribution in [0.3, 0.4) is 0 Å². The lowest BCUT2D eigenvalue weighted by Gasteiger charge is -2.45. The van der Waals surface area contributed by atoms with E-state index < -0.39 is 16.5 Å². The number of nitrogens with one attached hydrogen (secondary N) is 1. The Bertz CT molecular complexity index is 1030. The molecule has 2 atom stereocenters. The van der Waals surface area contributed by atoms with E-state index in [-0.39, 0.29) is 22.4 Å². The van der Waals surface area contributed by atoms with Crippen LogP contribution in [0, 0.1) is 17.6 Å². The fraction of sp³-hybridized carbons (Fsp3) is 0.391. The third-order valence-corrected chi connectivity index (χ3v) is 7.06. The zero-order valence-corrected chi connectivity index (χ0v) is 18.5. The zero-order chi connectivity index (χ0) is 22.2. The standard InChI is InChI=1S/C23H25F2N3O2S/c1-14(2)26-11-10-16-13-30-21-7-5-4-6-19(21)23(16)28(15(3)29)27-22(31-23)18-12-17(24)8-9-20(18)25/h4-9,12,14,16,26H,10-11,13H2,1-3H3. The Morgan fingerprint density at radius 2 is 2.10 bits per heavy atom. The van der Waals surface area contributed by atoms with Gasteiger partial charge in [0.15, 0.2) is 4.87 Å². The van der Waals surface area contributed by atoms with Crippen molar-refractivity contribution in [3.63, 3.8) is 0 Å². The highest BCUT2D eigenvalue weighted by molar-refractivity contribution is 8.15. The van der Waals surface area contributed by atoms with Gasteiger partial charge in [0.1, 0.15) is 22.4 Å². The Hall–Kier alpha value is -2.45. The molecule has 8 heteroatoms. The number of hydrazone groups is 1. The normalized spacial score (nSPS) is 22.5. The van der Waals surface area contributed by atoms with Crippen LogP contribution < -0.4 is 10.1 Å². The van der Waals surface area contributed by atoms with Gasteiger partial charge in [0.25, 0.3) is 0 Å². The molecule has 1 amide bonds. The fourth-order valence-electron chi connectivity index (χ4n) is 4.11. The highest BCUT2D eigenvalue weighted by atomic mass is 32.2. The molecule has 1 N–H and O–H groups in total. The second-order valence-corrected chi connectivity index (χ2v) is 9.27. The fourth-order valence-corrected chi connectivity index (χ4v) is 5.68. The van der Waals surface area contributed by atoms with Crippen molar-refractivity contribution < 1.29 is 18.3 Å². The quantitative estimate of drug-likeness (QED) is 0.738. The predicted octanol–water partition coefficient (Wildman–Crippen LogP) is 4.47. The summed E-state index contributed by atoms with van der Waals surface area (Å²) < 4.78 is 34.5. The summed E-state index contributed by atoms with van der Waals surface area (Å²) in [5.74, 6) is -0.838. The summed E-state index contributed by atoms with van der Waals surface area (Å²) in [7, 11) is 0. The highest BCUT2D eigenvalue weighted by Crippen LogP contribution is 2.57. The van der Waals surface area contributed by atoms with E-state index in [1.165, 1.54) is 23.7 Å². The number of hydrogen-bond donors (Lipinski definition) is 1. The molecule has 2 unspecified atom stereocenters. The van der Waals surface area contributed by atoms with Gasteiger partial charge in [0.2, 0.25) is 5.91 Å². The molecule has 0 saturated heterocycles. The molecule has 31 heavy (non-hydrogen) atoms. The first-order valence-electron chi connectivity index (χ1n) is 10.3. The van der Waals surface area contributed by atoms with E-state index in [1.54, 1.807) is 0 Å². The molecule has 0 aromatic heterocycles. The molecule has 4 rings (SSSR count). The van der Waals surface area contributed by atoms with E-state index in [0.29, 0.717) is 18.4 Å². The molecule has 0 bridgehead atoms. The first-order chi connectivity index (χ1) is 14.8. The number of para-hydroxylation sites is 1. The third kappa shape index (κ3) is 3.94. The average molecular weight is 446 g/mol. The van der Waals surface area contributed by atoms with Crippen LogP contribution in [-0.4, -0.2) is 35.2 Å². The van der Waals surface area contributed by atoms with Crippen LogP contribution in [0.25, 0.3) is 0 Å². The maximum Gasteiger partial charge on any atom is 0.241 e. The molecule has 164 valence electrons. The number of amides is 1. The first kappa shape index (κ1) is 21.8. The molecule has 0 aliphatic carbocycles. The number of hydrogen-bond acceptors (Lipinski definition) is 5. The van der Waals surface area contributed by atoms with Crippen LogP contribution in [0.5, 0.6) is 5.75 Å². The number of carbonyl (C=O) groups is 1. The largest absolute Gasteiger partial charge is 0.493 e. The molecular formula is C23H25F2N3O2S. The van der Waals surface area contributed by atoms with Crippen LogP contribution in [0.4, 0.5) is 8.78 Å². The van der Waals surface area contributed by atoms with E-state index in [2.05, 4.69) is 24.3 Å². The summed E-state index contributed by atoms with van der Waals surface area (Å²) in [6, 6.07) is 11.1. The van der Waals surface area contributed by atoms with Crippen LogP contribution in [0.15, 0.2) is 47.6 Å². The maximum atomic E-state index is 14.6. The summed E-state index contributed by atoms with van der Waals surface area (Å²) >= 11 is 1.30. The number of ether oxygens (including phenoxy) is 1. The summed E-state index contributed by atoms with van der Waals surface area (Å²) in [5.41, 5.74) is 0.864. The number of fused-ring (bicyclic) bond motifs is 2. The smallest absolute Gasteiger partial charge is 0.241 e. The van der Waals surface area contributed by atoms with Gasteiger partial charge in [0, 0.05) is 30.0 Å². The highest BCUT2D eigenvalue weighted by Gasteiger charge is 2.56. The Morgan fingerprint density at radius 3 is 2.84 bits per heavy atom. The molecule has 2 aromatic rings. The van der Waals surface area contributed by atoms with Gasteiger partial charge < -0.3 is 10.1 Å². The summed E-state index contributed by atoms with van der Waals surface area (Å²) in [6.45, 7) is 6.71. The SMILES string of the molecule is CC(=O)N1N=C(c2cc(F)ccc2F)SC12c1ccccc1OCC2CCNC(C)C. The van der Waals surface area contributed by atoms with Crippen LogP contribution in [-0.2, 0) is 9.67 Å². The molecule has 5 nitrogen and oxygen atoms in total. The molecule has 0 fully saturated rings. The molecule has 2 aromatic carbocycles. The molecule has 2 aliphatic rings. The lowest BCUT2D eigenvalue weighted by Crippen LogP contribution is -2.51. The van der Waals surface area contributed by atoms with Crippen molar-refractivity contribution in [2.45, 2.75) is 38.1 Å². The molecule has 2 aliphatic heterocycles. The Labute approximate surface area is 184 Å². The van der Waals surface area contributed by atoms with Crippen molar-refractivity contribution in [3.05, 3.63) is 65.2 Å². The Kier molecular flexibility index (Phi) is 6.03.